The number of hydrogen-bond donors (Lipinski definition) is 0. The molecule has 2 saturated carbocycles. The number of rotatable bonds is 2. The minimum absolute atomic E-state index is 0.442. The van der Waals surface area contributed by atoms with Crippen molar-refractivity contribution in [1.29, 1.82) is 0 Å². The maximum atomic E-state index is 6.07. The molecule has 0 aromatic heterocycles. The van der Waals surface area contributed by atoms with Crippen molar-refractivity contribution in [2.45, 2.75) is 50.7 Å². The Balaban J connectivity index is 1.17. The number of fused-ring (bicyclic) bond motifs is 9. The van der Waals surface area contributed by atoms with E-state index < -0.39 is 0 Å². The molecular formula is C23H26O. The zero-order valence-corrected chi connectivity index (χ0v) is 14.2. The monoisotopic (exact) mass is 318 g/mol. The number of ether oxygens (including phenoxy) is 1. The first-order valence-electron chi connectivity index (χ1n) is 10.3. The Hall–Kier alpha value is -1.08. The largest absolute Gasteiger partial charge is 0.366 e. The third kappa shape index (κ3) is 1.56. The first-order chi connectivity index (χ1) is 11.8. The molecule has 2 heterocycles. The van der Waals surface area contributed by atoms with E-state index in [2.05, 4.69) is 30.4 Å². The predicted octanol–water partition coefficient (Wildman–Crippen LogP) is 4.82. The Bertz CT molecular complexity index is 737. The summed E-state index contributed by atoms with van der Waals surface area (Å²) in [7, 11) is 0. The van der Waals surface area contributed by atoms with Crippen LogP contribution < -0.4 is 0 Å². The Morgan fingerprint density at radius 1 is 0.875 bits per heavy atom. The Morgan fingerprint density at radius 3 is 2.62 bits per heavy atom. The van der Waals surface area contributed by atoms with Crippen molar-refractivity contribution < 1.29 is 4.74 Å². The van der Waals surface area contributed by atoms with Gasteiger partial charge in [0.1, 0.15) is 0 Å². The van der Waals surface area contributed by atoms with E-state index in [1.165, 1.54) is 38.5 Å². The first-order valence-corrected chi connectivity index (χ1v) is 10.3. The van der Waals surface area contributed by atoms with Gasteiger partial charge in [0.15, 0.2) is 0 Å². The average molecular weight is 318 g/mol. The van der Waals surface area contributed by atoms with Crippen LogP contribution in [0.3, 0.4) is 0 Å². The van der Waals surface area contributed by atoms with Crippen molar-refractivity contribution in [2.24, 2.45) is 41.4 Å². The predicted molar refractivity (Wildman–Crippen MR) is 94.2 cm³/mol. The summed E-state index contributed by atoms with van der Waals surface area (Å²) in [5.41, 5.74) is 5.16. The molecule has 0 N–H and O–H groups in total. The Kier molecular flexibility index (Phi) is 2.39. The lowest BCUT2D eigenvalue weighted by Gasteiger charge is -2.31. The summed E-state index contributed by atoms with van der Waals surface area (Å²) in [6, 6.07) is 0. The van der Waals surface area contributed by atoms with Crippen molar-refractivity contribution in [2.75, 3.05) is 0 Å². The number of hydrogen-bond acceptors (Lipinski definition) is 1. The summed E-state index contributed by atoms with van der Waals surface area (Å²) in [6.07, 6.45) is 22.0. The van der Waals surface area contributed by atoms with Crippen LogP contribution in [-0.4, -0.2) is 12.2 Å². The maximum Gasteiger partial charge on any atom is 0.0834 e. The molecule has 3 fully saturated rings. The van der Waals surface area contributed by atoms with E-state index >= 15 is 0 Å². The first kappa shape index (κ1) is 13.2. The zero-order chi connectivity index (χ0) is 15.4. The zero-order valence-electron chi connectivity index (χ0n) is 14.2. The molecule has 0 aromatic carbocycles. The quantitative estimate of drug-likeness (QED) is 0.663. The summed E-state index contributed by atoms with van der Waals surface area (Å²) >= 11 is 0. The van der Waals surface area contributed by atoms with Crippen molar-refractivity contribution >= 4 is 0 Å². The van der Waals surface area contributed by atoms with Crippen LogP contribution in [0.5, 0.6) is 0 Å². The van der Waals surface area contributed by atoms with Gasteiger partial charge in [0, 0.05) is 0 Å². The van der Waals surface area contributed by atoms with Crippen molar-refractivity contribution in [3.05, 3.63) is 47.1 Å². The Morgan fingerprint density at radius 2 is 1.88 bits per heavy atom. The smallest absolute Gasteiger partial charge is 0.0834 e. The fourth-order valence-corrected chi connectivity index (χ4v) is 7.64. The molecule has 0 aromatic rings. The van der Waals surface area contributed by atoms with Crippen LogP contribution in [0.2, 0.25) is 0 Å². The molecule has 2 aliphatic heterocycles. The van der Waals surface area contributed by atoms with Gasteiger partial charge in [-0.2, -0.15) is 0 Å². The molecule has 0 radical (unpaired) electrons. The lowest BCUT2D eigenvalue weighted by atomic mass is 9.73. The molecule has 9 unspecified atom stereocenters. The summed E-state index contributed by atoms with van der Waals surface area (Å²) in [4.78, 5) is 0. The molecular weight excluding hydrogens is 292 g/mol. The molecule has 0 spiro atoms. The van der Waals surface area contributed by atoms with E-state index in [9.17, 15) is 0 Å². The van der Waals surface area contributed by atoms with Crippen molar-refractivity contribution in [3.8, 4) is 0 Å². The molecule has 124 valence electrons. The molecule has 6 bridgehead atoms. The molecule has 0 amide bonds. The van der Waals surface area contributed by atoms with E-state index in [4.69, 9.17) is 4.74 Å². The summed E-state index contributed by atoms with van der Waals surface area (Å²) in [5, 5.41) is 0. The average Bonchev–Trinajstić information content (AvgIpc) is 3.44. The third-order valence-corrected chi connectivity index (χ3v) is 8.56. The van der Waals surface area contributed by atoms with Crippen LogP contribution in [0.1, 0.15) is 38.5 Å². The van der Waals surface area contributed by atoms with Crippen LogP contribution in [0.4, 0.5) is 0 Å². The molecule has 9 atom stereocenters. The van der Waals surface area contributed by atoms with Crippen LogP contribution in [0, 0.1) is 41.4 Å². The molecule has 7 rings (SSSR count). The van der Waals surface area contributed by atoms with E-state index in [0.717, 1.165) is 41.4 Å². The third-order valence-electron chi connectivity index (χ3n) is 8.56. The maximum absolute atomic E-state index is 6.07. The van der Waals surface area contributed by atoms with Gasteiger partial charge >= 0.3 is 0 Å². The second kappa shape index (κ2) is 4.36. The lowest BCUT2D eigenvalue weighted by molar-refractivity contribution is 0.117. The van der Waals surface area contributed by atoms with E-state index in [-0.39, 0.29) is 0 Å². The fraction of sp³-hybridized carbons (Fsp3) is 0.652. The van der Waals surface area contributed by atoms with Gasteiger partial charge in [-0.05, 0) is 97.2 Å². The minimum Gasteiger partial charge on any atom is -0.366 e. The lowest BCUT2D eigenvalue weighted by Crippen LogP contribution is -2.23. The van der Waals surface area contributed by atoms with Crippen LogP contribution in [0.25, 0.3) is 0 Å². The fourth-order valence-electron chi connectivity index (χ4n) is 7.64. The highest BCUT2D eigenvalue weighted by molar-refractivity contribution is 5.45. The molecule has 1 nitrogen and oxygen atoms in total. The van der Waals surface area contributed by atoms with Crippen molar-refractivity contribution in [1.82, 2.24) is 0 Å². The number of allylic oxidation sites excluding steroid dienone is 5. The normalized spacial score (nSPS) is 55.3. The Labute approximate surface area is 144 Å². The second-order valence-corrected chi connectivity index (χ2v) is 9.56. The van der Waals surface area contributed by atoms with E-state index in [0.29, 0.717) is 12.2 Å². The SMILES string of the molecule is C1=CC2CC1CC2C1=CC2CC1C1CC(C3=CC4CCC3O4)=CC21. The molecule has 7 aliphatic rings. The molecule has 1 saturated heterocycles. The molecule has 24 heavy (non-hydrogen) atoms. The van der Waals surface area contributed by atoms with Gasteiger partial charge in [-0.25, -0.2) is 0 Å². The topological polar surface area (TPSA) is 9.23 Å². The summed E-state index contributed by atoms with van der Waals surface area (Å²) in [5.74, 6) is 6.24. The van der Waals surface area contributed by atoms with Crippen LogP contribution in [0.15, 0.2) is 47.1 Å². The van der Waals surface area contributed by atoms with Crippen LogP contribution >= 0.6 is 0 Å². The van der Waals surface area contributed by atoms with Gasteiger partial charge in [0.05, 0.1) is 12.2 Å². The highest BCUT2D eigenvalue weighted by Crippen LogP contribution is 2.62. The van der Waals surface area contributed by atoms with Gasteiger partial charge in [-0.1, -0.05) is 29.9 Å². The summed E-state index contributed by atoms with van der Waals surface area (Å²) in [6.45, 7) is 0. The van der Waals surface area contributed by atoms with Gasteiger partial charge in [-0.15, -0.1) is 0 Å². The second-order valence-electron chi connectivity index (χ2n) is 9.56. The van der Waals surface area contributed by atoms with Gasteiger partial charge in [0.2, 0.25) is 0 Å². The molecule has 5 aliphatic carbocycles. The summed E-state index contributed by atoms with van der Waals surface area (Å²) < 4.78 is 6.07. The van der Waals surface area contributed by atoms with Gasteiger partial charge < -0.3 is 4.74 Å². The van der Waals surface area contributed by atoms with Crippen molar-refractivity contribution in [3.63, 3.8) is 0 Å². The molecule has 1 heteroatoms. The van der Waals surface area contributed by atoms with Gasteiger partial charge in [-0.3, -0.25) is 0 Å². The minimum atomic E-state index is 0.442. The van der Waals surface area contributed by atoms with E-state index in [1.54, 1.807) is 11.1 Å². The highest BCUT2D eigenvalue weighted by atomic mass is 16.5. The highest BCUT2D eigenvalue weighted by Gasteiger charge is 2.53. The van der Waals surface area contributed by atoms with E-state index in [1.807, 2.05) is 5.57 Å². The van der Waals surface area contributed by atoms with Crippen LogP contribution in [-0.2, 0) is 4.74 Å². The van der Waals surface area contributed by atoms with Gasteiger partial charge in [0.25, 0.3) is 0 Å². The standard InChI is InChI=1S/C23H26O/c1-2-13-5-12(1)6-17(13)20-8-14-9-22(20)21-10-15(7-18(14)21)19-11-16-3-4-23(19)24-16/h1-2,7-8,11-14,16-18,21-23H,3-6,9-10H2.